The maximum atomic E-state index is 14.2. The lowest BCUT2D eigenvalue weighted by atomic mass is 9.58. The molecule has 4 aliphatic rings. The Morgan fingerprint density at radius 3 is 1.26 bits per heavy atom. The van der Waals surface area contributed by atoms with E-state index in [4.69, 9.17) is 0 Å². The van der Waals surface area contributed by atoms with Crippen molar-refractivity contribution in [3.8, 4) is 0 Å². The van der Waals surface area contributed by atoms with Gasteiger partial charge in [-0.15, -0.1) is 0 Å². The molecule has 7 rings (SSSR count). The zero-order valence-electron chi connectivity index (χ0n) is 31.2. The van der Waals surface area contributed by atoms with Gasteiger partial charge >= 0.3 is 11.9 Å². The summed E-state index contributed by atoms with van der Waals surface area (Å²) in [5.74, 6) is -2.17. The molecule has 0 fully saturated rings. The molecule has 274 valence electrons. The fraction of sp³-hybridized carbons (Fsp3) is 0.364. The first-order valence-electron chi connectivity index (χ1n) is 18.1. The number of hydrogen-bond donors (Lipinski definition) is 2. The Bertz CT molecular complexity index is 2010. The van der Waals surface area contributed by atoms with E-state index < -0.39 is 11.9 Å². The average molecular weight is 731 g/mol. The number of carbonyl (C=O) groups excluding carboxylic acids is 2. The van der Waals surface area contributed by atoms with Gasteiger partial charge in [0, 0.05) is 58.6 Å². The minimum absolute atomic E-state index is 0.136. The number of aromatic carboxylic acids is 2. The van der Waals surface area contributed by atoms with Gasteiger partial charge in [-0.05, 0) is 59.4 Å². The first kappa shape index (κ1) is 36.3. The van der Waals surface area contributed by atoms with Crippen LogP contribution in [0.3, 0.4) is 0 Å². The average Bonchev–Trinajstić information content (AvgIpc) is 3.60. The summed E-state index contributed by atoms with van der Waals surface area (Å²) in [6.45, 7) is 15.1. The zero-order valence-corrected chi connectivity index (χ0v) is 32.0. The van der Waals surface area contributed by atoms with Crippen LogP contribution in [0.5, 0.6) is 0 Å². The van der Waals surface area contributed by atoms with Crippen LogP contribution in [-0.2, 0) is 0 Å². The number of carboxylic acid groups (broad SMARTS) is 2. The molecule has 0 bridgehead atoms. The summed E-state index contributed by atoms with van der Waals surface area (Å²) in [5, 5.41) is 22.3. The third-order valence-electron chi connectivity index (χ3n) is 12.2. The van der Waals surface area contributed by atoms with Crippen LogP contribution in [0.15, 0.2) is 94.7 Å². The van der Waals surface area contributed by atoms with Crippen molar-refractivity contribution in [3.05, 3.63) is 128 Å². The molecule has 8 nitrogen and oxygen atoms in total. The van der Waals surface area contributed by atoms with Gasteiger partial charge in [-0.3, -0.25) is 9.59 Å². The Balaban J connectivity index is 1.08. The number of allylic oxidation sites excluding steroid dienone is 4. The fourth-order valence-corrected chi connectivity index (χ4v) is 10.5. The molecule has 0 radical (unpaired) electrons. The first-order valence-corrected chi connectivity index (χ1v) is 19.1. The summed E-state index contributed by atoms with van der Waals surface area (Å²) in [6, 6.07) is 14.1. The summed E-state index contributed by atoms with van der Waals surface area (Å²) in [5.41, 5.74) is 7.03. The van der Waals surface area contributed by atoms with Crippen molar-refractivity contribution in [2.75, 3.05) is 26.2 Å². The van der Waals surface area contributed by atoms with Gasteiger partial charge in [-0.25, -0.2) is 9.59 Å². The molecule has 2 atom stereocenters. The second-order valence-electron chi connectivity index (χ2n) is 16.6. The fourth-order valence-electron chi connectivity index (χ4n) is 9.68. The van der Waals surface area contributed by atoms with E-state index in [-0.39, 0.29) is 44.6 Å². The lowest BCUT2D eigenvalue weighted by Crippen LogP contribution is -2.50. The Labute approximate surface area is 314 Å². The van der Waals surface area contributed by atoms with Gasteiger partial charge in [0.15, 0.2) is 0 Å². The number of nitrogens with zero attached hydrogens (tertiary/aromatic N) is 2. The molecule has 2 amide bonds. The van der Waals surface area contributed by atoms with E-state index in [0.29, 0.717) is 37.3 Å². The molecule has 3 aromatic rings. The van der Waals surface area contributed by atoms with Crippen LogP contribution in [0.4, 0.5) is 0 Å². The molecule has 1 aromatic heterocycles. The van der Waals surface area contributed by atoms with Gasteiger partial charge in [0.25, 0.3) is 11.8 Å². The van der Waals surface area contributed by atoms with Crippen LogP contribution < -0.4 is 0 Å². The molecular weight excluding hydrogens is 685 g/mol. The molecule has 2 aliphatic heterocycles. The highest BCUT2D eigenvalue weighted by Crippen LogP contribution is 2.57. The second-order valence-corrected chi connectivity index (χ2v) is 17.3. The van der Waals surface area contributed by atoms with E-state index >= 15 is 0 Å². The Hall–Kier alpha value is -5.02. The highest BCUT2D eigenvalue weighted by Gasteiger charge is 2.48. The number of hydrogen-bond acceptors (Lipinski definition) is 5. The molecule has 2 N–H and O–H groups in total. The summed E-state index contributed by atoms with van der Waals surface area (Å²) in [4.78, 5) is 55.1. The standard InChI is InChI=1S/C44H46N2O6S/c1-41(2)33(27-7-11-29(12-8-27)39(49)50)15-19-43(5)25-45(21-17-35(41)43)37(47)31-23-53-24-32(31)38(48)46-22-18-36-42(3,4)34(16-20-44(36,6)26-46)28-9-13-30(14-10-28)40(51)52/h7-18,23-24H,19-22,25-26H2,1-6H3,(H,49,50)(H,51,52)/t43-,44-/m1/s1. The monoisotopic (exact) mass is 730 g/mol. The van der Waals surface area contributed by atoms with Crippen molar-refractivity contribution in [3.63, 3.8) is 0 Å². The van der Waals surface area contributed by atoms with Crippen molar-refractivity contribution in [1.29, 1.82) is 0 Å². The topological polar surface area (TPSA) is 115 Å². The summed E-state index contributed by atoms with van der Waals surface area (Å²) in [6.07, 6.45) is 10.3. The molecule has 0 saturated heterocycles. The van der Waals surface area contributed by atoms with E-state index in [1.807, 2.05) is 44.8 Å². The lowest BCUT2D eigenvalue weighted by molar-refractivity contribution is 0.0646. The molecule has 53 heavy (non-hydrogen) atoms. The van der Waals surface area contributed by atoms with Gasteiger partial charge < -0.3 is 20.0 Å². The Kier molecular flexibility index (Phi) is 8.80. The van der Waals surface area contributed by atoms with E-state index in [9.17, 15) is 29.4 Å². The molecular formula is C44H46N2O6S. The van der Waals surface area contributed by atoms with E-state index in [0.717, 1.165) is 35.1 Å². The van der Waals surface area contributed by atoms with Gasteiger partial charge in [0.1, 0.15) is 0 Å². The normalized spacial score (nSPS) is 24.5. The highest BCUT2D eigenvalue weighted by atomic mass is 32.1. The molecule has 2 aliphatic carbocycles. The quantitative estimate of drug-likeness (QED) is 0.245. The lowest BCUT2D eigenvalue weighted by Gasteiger charge is -2.51. The molecule has 0 spiro atoms. The third-order valence-corrected chi connectivity index (χ3v) is 12.9. The SMILES string of the molecule is CC1(C)C(c2ccc(C(=O)O)cc2)=CC[C@]2(C)CN(C(=O)c3cscc3C(=O)N3CC=C4C(C)(C)C(c5ccc(C(=O)O)cc5)=CC[C@]4(C)C3)CC=C12. The highest BCUT2D eigenvalue weighted by molar-refractivity contribution is 7.08. The summed E-state index contributed by atoms with van der Waals surface area (Å²) >= 11 is 1.38. The number of carboxylic acids is 2. The van der Waals surface area contributed by atoms with Crippen molar-refractivity contribution in [2.24, 2.45) is 21.7 Å². The van der Waals surface area contributed by atoms with Crippen molar-refractivity contribution in [2.45, 2.75) is 54.4 Å². The van der Waals surface area contributed by atoms with E-state index in [1.165, 1.54) is 22.5 Å². The zero-order chi connectivity index (χ0) is 38.1. The van der Waals surface area contributed by atoms with Gasteiger partial charge in [0.05, 0.1) is 22.3 Å². The maximum absolute atomic E-state index is 14.2. The summed E-state index contributed by atoms with van der Waals surface area (Å²) < 4.78 is 0. The minimum atomic E-state index is -0.947. The number of carbonyl (C=O) groups is 4. The number of benzene rings is 2. The van der Waals surface area contributed by atoms with Crippen LogP contribution >= 0.6 is 11.3 Å². The second kappa shape index (κ2) is 12.8. The van der Waals surface area contributed by atoms with E-state index in [2.05, 4.69) is 65.8 Å². The number of rotatable bonds is 6. The van der Waals surface area contributed by atoms with Crippen molar-refractivity contribution >= 4 is 46.2 Å². The third kappa shape index (κ3) is 6.09. The van der Waals surface area contributed by atoms with Crippen LogP contribution in [0.2, 0.25) is 0 Å². The van der Waals surface area contributed by atoms with Crippen molar-refractivity contribution < 1.29 is 29.4 Å². The molecule has 2 aromatic carbocycles. The Morgan fingerprint density at radius 1 is 0.566 bits per heavy atom. The van der Waals surface area contributed by atoms with E-state index in [1.54, 1.807) is 24.3 Å². The molecule has 9 heteroatoms. The van der Waals surface area contributed by atoms with Crippen LogP contribution in [0.1, 0.15) is 107 Å². The number of fused-ring (bicyclic) bond motifs is 2. The van der Waals surface area contributed by atoms with Gasteiger partial charge in [0.2, 0.25) is 0 Å². The molecule has 0 unspecified atom stereocenters. The number of thiophene rings is 1. The minimum Gasteiger partial charge on any atom is -0.478 e. The smallest absolute Gasteiger partial charge is 0.335 e. The predicted octanol–water partition coefficient (Wildman–Crippen LogP) is 8.95. The number of amides is 2. The largest absolute Gasteiger partial charge is 0.478 e. The molecule has 3 heterocycles. The van der Waals surface area contributed by atoms with Crippen LogP contribution in [0, 0.1) is 21.7 Å². The van der Waals surface area contributed by atoms with Crippen LogP contribution in [-0.4, -0.2) is 69.9 Å². The summed E-state index contributed by atoms with van der Waals surface area (Å²) in [7, 11) is 0. The van der Waals surface area contributed by atoms with Gasteiger partial charge in [-0.2, -0.15) is 11.3 Å². The Morgan fingerprint density at radius 2 is 0.925 bits per heavy atom. The van der Waals surface area contributed by atoms with Crippen LogP contribution in [0.25, 0.3) is 11.1 Å². The predicted molar refractivity (Wildman–Crippen MR) is 208 cm³/mol. The van der Waals surface area contributed by atoms with Gasteiger partial charge in [-0.1, -0.05) is 101 Å². The van der Waals surface area contributed by atoms with Crippen molar-refractivity contribution in [1.82, 2.24) is 9.80 Å². The first-order chi connectivity index (χ1) is 25.0. The molecule has 0 saturated carbocycles. The maximum Gasteiger partial charge on any atom is 0.335 e.